The largest absolute Gasteiger partial charge is 0.347 e. The zero-order chi connectivity index (χ0) is 20.4. The van der Waals surface area contributed by atoms with Crippen molar-refractivity contribution >= 4 is 17.5 Å². The van der Waals surface area contributed by atoms with Gasteiger partial charge in [0.1, 0.15) is 0 Å². The lowest BCUT2D eigenvalue weighted by Crippen LogP contribution is -2.40. The number of nitrogens with one attached hydrogen (secondary N) is 1. The number of benzene rings is 2. The van der Waals surface area contributed by atoms with E-state index in [9.17, 15) is 9.59 Å². The van der Waals surface area contributed by atoms with Crippen molar-refractivity contribution in [1.82, 2.24) is 5.32 Å². The van der Waals surface area contributed by atoms with E-state index in [1.165, 1.54) is 0 Å². The van der Waals surface area contributed by atoms with E-state index in [-0.39, 0.29) is 23.4 Å². The van der Waals surface area contributed by atoms with E-state index in [0.29, 0.717) is 11.1 Å². The number of rotatable bonds is 4. The molecule has 2 aromatic carbocycles. The third-order valence-electron chi connectivity index (χ3n) is 4.24. The van der Waals surface area contributed by atoms with Crippen LogP contribution in [0.2, 0.25) is 0 Å². The van der Waals surface area contributed by atoms with Crippen LogP contribution in [-0.2, 0) is 0 Å². The van der Waals surface area contributed by atoms with Gasteiger partial charge in [-0.3, -0.25) is 9.59 Å². The second kappa shape index (κ2) is 7.95. The van der Waals surface area contributed by atoms with E-state index >= 15 is 0 Å². The molecule has 0 unspecified atom stereocenters. The molecule has 0 aliphatic heterocycles. The molecule has 4 nitrogen and oxygen atoms in total. The van der Waals surface area contributed by atoms with Crippen LogP contribution in [0.15, 0.2) is 42.5 Å². The fourth-order valence-electron chi connectivity index (χ4n) is 2.92. The molecule has 27 heavy (non-hydrogen) atoms. The minimum Gasteiger partial charge on any atom is -0.347 e. The highest BCUT2D eigenvalue weighted by Gasteiger charge is 2.23. The molecule has 0 bridgehead atoms. The van der Waals surface area contributed by atoms with Gasteiger partial charge in [-0.05, 0) is 89.9 Å². The first-order valence-electron chi connectivity index (χ1n) is 9.33. The van der Waals surface area contributed by atoms with Gasteiger partial charge in [0.05, 0.1) is 0 Å². The average molecular weight is 367 g/mol. The molecule has 2 aromatic rings. The Labute approximate surface area is 162 Å². The van der Waals surface area contributed by atoms with Crippen molar-refractivity contribution in [2.75, 3.05) is 4.90 Å². The smallest absolute Gasteiger partial charge is 0.258 e. The van der Waals surface area contributed by atoms with Crippen LogP contribution in [0.1, 0.15) is 66.5 Å². The first-order valence-corrected chi connectivity index (χ1v) is 9.33. The molecule has 0 saturated carbocycles. The standard InChI is InChI=1S/C23H30N2O2/c1-15(2)25(20-14-16(3)8-9-17(20)4)22(27)19-12-10-18(11-13-19)21(26)24-23(5,6)7/h8-15H,1-7H3,(H,24,26). The maximum atomic E-state index is 13.2. The molecule has 144 valence electrons. The topological polar surface area (TPSA) is 49.4 Å². The van der Waals surface area contributed by atoms with Crippen LogP contribution >= 0.6 is 0 Å². The van der Waals surface area contributed by atoms with Crippen LogP contribution in [0.3, 0.4) is 0 Å². The number of hydrogen-bond acceptors (Lipinski definition) is 2. The summed E-state index contributed by atoms with van der Waals surface area (Å²) in [6.45, 7) is 13.9. The Bertz CT molecular complexity index is 830. The molecule has 0 aliphatic rings. The van der Waals surface area contributed by atoms with Crippen LogP contribution in [0.5, 0.6) is 0 Å². The summed E-state index contributed by atoms with van der Waals surface area (Å²) >= 11 is 0. The quantitative estimate of drug-likeness (QED) is 0.838. The normalized spacial score (nSPS) is 11.4. The maximum absolute atomic E-state index is 13.2. The Balaban J connectivity index is 2.31. The SMILES string of the molecule is Cc1ccc(C)c(N(C(=O)c2ccc(C(=O)NC(C)(C)C)cc2)C(C)C)c1. The van der Waals surface area contributed by atoms with E-state index < -0.39 is 0 Å². The summed E-state index contributed by atoms with van der Waals surface area (Å²) in [5, 5.41) is 2.93. The van der Waals surface area contributed by atoms with E-state index in [1.54, 1.807) is 24.3 Å². The minimum atomic E-state index is -0.303. The number of aryl methyl sites for hydroxylation is 2. The zero-order valence-electron chi connectivity index (χ0n) is 17.4. The van der Waals surface area contributed by atoms with Gasteiger partial charge in [0.25, 0.3) is 11.8 Å². The predicted molar refractivity (Wildman–Crippen MR) is 112 cm³/mol. The van der Waals surface area contributed by atoms with Crippen LogP contribution < -0.4 is 10.2 Å². The Morgan fingerprint density at radius 1 is 0.926 bits per heavy atom. The Hall–Kier alpha value is -2.62. The van der Waals surface area contributed by atoms with Crippen molar-refractivity contribution < 1.29 is 9.59 Å². The van der Waals surface area contributed by atoms with Gasteiger partial charge in [0.2, 0.25) is 0 Å². The van der Waals surface area contributed by atoms with Gasteiger partial charge in [-0.25, -0.2) is 0 Å². The number of anilines is 1. The Kier molecular flexibility index (Phi) is 6.09. The van der Waals surface area contributed by atoms with Crippen LogP contribution in [0.4, 0.5) is 5.69 Å². The molecule has 0 heterocycles. The lowest BCUT2D eigenvalue weighted by Gasteiger charge is -2.29. The zero-order valence-corrected chi connectivity index (χ0v) is 17.4. The third kappa shape index (κ3) is 5.19. The molecule has 0 fully saturated rings. The van der Waals surface area contributed by atoms with Crippen molar-refractivity contribution in [3.8, 4) is 0 Å². The van der Waals surface area contributed by atoms with E-state index in [1.807, 2.05) is 71.6 Å². The van der Waals surface area contributed by atoms with Gasteiger partial charge in [-0.2, -0.15) is 0 Å². The molecule has 0 saturated heterocycles. The van der Waals surface area contributed by atoms with Crippen LogP contribution in [0.25, 0.3) is 0 Å². The summed E-state index contributed by atoms with van der Waals surface area (Å²) in [4.78, 5) is 27.3. The summed E-state index contributed by atoms with van der Waals surface area (Å²) < 4.78 is 0. The van der Waals surface area contributed by atoms with Gasteiger partial charge in [-0.15, -0.1) is 0 Å². The molecule has 0 aromatic heterocycles. The van der Waals surface area contributed by atoms with Gasteiger partial charge < -0.3 is 10.2 Å². The summed E-state index contributed by atoms with van der Waals surface area (Å²) in [7, 11) is 0. The highest BCUT2D eigenvalue weighted by molar-refractivity contribution is 6.07. The highest BCUT2D eigenvalue weighted by Crippen LogP contribution is 2.25. The van der Waals surface area contributed by atoms with Gasteiger partial charge in [0, 0.05) is 28.4 Å². The summed E-state index contributed by atoms with van der Waals surface area (Å²) in [6, 6.07) is 13.0. The van der Waals surface area contributed by atoms with Crippen molar-refractivity contribution in [2.45, 2.75) is 60.0 Å². The number of carbonyl (C=O) groups is 2. The van der Waals surface area contributed by atoms with E-state index in [4.69, 9.17) is 0 Å². The van der Waals surface area contributed by atoms with Crippen molar-refractivity contribution in [3.63, 3.8) is 0 Å². The highest BCUT2D eigenvalue weighted by atomic mass is 16.2. The van der Waals surface area contributed by atoms with Gasteiger partial charge >= 0.3 is 0 Å². The Morgan fingerprint density at radius 3 is 2.00 bits per heavy atom. The molecule has 2 rings (SSSR count). The molecule has 0 atom stereocenters. The molecule has 0 aliphatic carbocycles. The molecular formula is C23H30N2O2. The summed E-state index contributed by atoms with van der Waals surface area (Å²) in [6.07, 6.45) is 0. The maximum Gasteiger partial charge on any atom is 0.258 e. The third-order valence-corrected chi connectivity index (χ3v) is 4.24. The fourth-order valence-corrected chi connectivity index (χ4v) is 2.92. The number of nitrogens with zero attached hydrogens (tertiary/aromatic N) is 1. The predicted octanol–water partition coefficient (Wildman–Crippen LogP) is 4.89. The first kappa shape index (κ1) is 20.7. The van der Waals surface area contributed by atoms with Gasteiger partial charge in [-0.1, -0.05) is 12.1 Å². The van der Waals surface area contributed by atoms with Gasteiger partial charge in [0.15, 0.2) is 0 Å². The van der Waals surface area contributed by atoms with E-state index in [0.717, 1.165) is 16.8 Å². The molecule has 1 N–H and O–H groups in total. The minimum absolute atomic E-state index is 0.0156. The lowest BCUT2D eigenvalue weighted by molar-refractivity contribution is 0.0917. The molecular weight excluding hydrogens is 336 g/mol. The number of hydrogen-bond donors (Lipinski definition) is 1. The second-order valence-corrected chi connectivity index (χ2v) is 8.34. The summed E-state index contributed by atoms with van der Waals surface area (Å²) in [5.41, 5.74) is 3.90. The van der Waals surface area contributed by atoms with E-state index in [2.05, 4.69) is 5.32 Å². The monoisotopic (exact) mass is 366 g/mol. The second-order valence-electron chi connectivity index (χ2n) is 8.34. The number of amides is 2. The molecule has 4 heteroatoms. The average Bonchev–Trinajstić information content (AvgIpc) is 2.56. The Morgan fingerprint density at radius 2 is 1.48 bits per heavy atom. The van der Waals surface area contributed by atoms with Crippen LogP contribution in [-0.4, -0.2) is 23.4 Å². The van der Waals surface area contributed by atoms with Crippen molar-refractivity contribution in [1.29, 1.82) is 0 Å². The first-order chi connectivity index (χ1) is 12.5. The molecule has 0 radical (unpaired) electrons. The van der Waals surface area contributed by atoms with Crippen LogP contribution in [0, 0.1) is 13.8 Å². The number of carbonyl (C=O) groups excluding carboxylic acids is 2. The van der Waals surface area contributed by atoms with Crippen molar-refractivity contribution in [2.24, 2.45) is 0 Å². The summed E-state index contributed by atoms with van der Waals surface area (Å²) in [5.74, 6) is -0.210. The lowest BCUT2D eigenvalue weighted by atomic mass is 10.0. The molecule has 2 amide bonds. The van der Waals surface area contributed by atoms with Crippen molar-refractivity contribution in [3.05, 3.63) is 64.7 Å². The molecule has 0 spiro atoms. The fraction of sp³-hybridized carbons (Fsp3) is 0.391.